The van der Waals surface area contributed by atoms with Gasteiger partial charge in [0.1, 0.15) is 0 Å². The van der Waals surface area contributed by atoms with Gasteiger partial charge in [-0.2, -0.15) is 11.8 Å². The molecule has 5 nitrogen and oxygen atoms in total. The van der Waals surface area contributed by atoms with Crippen LogP contribution in [0, 0.1) is 0 Å². The highest BCUT2D eigenvalue weighted by atomic mass is 32.2. The normalized spacial score (nSPS) is 20.5. The van der Waals surface area contributed by atoms with Crippen LogP contribution in [0.2, 0.25) is 0 Å². The lowest BCUT2D eigenvalue weighted by atomic mass is 10.0. The molecule has 1 fully saturated rings. The van der Waals surface area contributed by atoms with Crippen LogP contribution in [0.3, 0.4) is 0 Å². The van der Waals surface area contributed by atoms with E-state index in [9.17, 15) is 14.4 Å². The largest absolute Gasteiger partial charge is 0.339 e. The SMILES string of the molecule is C[C@H]1CCCCN1C(=O)CSCCN1C(=O)c2ccccc2C1=O. The quantitative estimate of drug-likeness (QED) is 0.607. The summed E-state index contributed by atoms with van der Waals surface area (Å²) in [7, 11) is 0. The molecule has 1 atom stereocenters. The number of piperidine rings is 1. The number of thioether (sulfide) groups is 1. The van der Waals surface area contributed by atoms with E-state index < -0.39 is 0 Å². The van der Waals surface area contributed by atoms with Crippen molar-refractivity contribution in [3.63, 3.8) is 0 Å². The minimum absolute atomic E-state index is 0.162. The van der Waals surface area contributed by atoms with Crippen LogP contribution in [0.4, 0.5) is 0 Å². The maximum Gasteiger partial charge on any atom is 0.261 e. The average molecular weight is 346 g/mol. The summed E-state index contributed by atoms with van der Waals surface area (Å²) < 4.78 is 0. The van der Waals surface area contributed by atoms with E-state index in [-0.39, 0.29) is 17.7 Å². The molecule has 2 aliphatic rings. The maximum absolute atomic E-state index is 12.3. The van der Waals surface area contributed by atoms with E-state index in [4.69, 9.17) is 0 Å². The smallest absolute Gasteiger partial charge is 0.261 e. The highest BCUT2D eigenvalue weighted by molar-refractivity contribution is 7.99. The number of rotatable bonds is 5. The maximum atomic E-state index is 12.3. The molecule has 3 amide bonds. The molecule has 0 spiro atoms. The number of carbonyl (C=O) groups is 3. The van der Waals surface area contributed by atoms with Crippen molar-refractivity contribution in [2.24, 2.45) is 0 Å². The fourth-order valence-corrected chi connectivity index (χ4v) is 4.11. The van der Waals surface area contributed by atoms with Gasteiger partial charge >= 0.3 is 0 Å². The first kappa shape index (κ1) is 17.0. The summed E-state index contributed by atoms with van der Waals surface area (Å²) in [5.41, 5.74) is 0.955. The number of amides is 3. The molecule has 1 aromatic carbocycles. The Morgan fingerprint density at radius 2 is 1.83 bits per heavy atom. The lowest BCUT2D eigenvalue weighted by Gasteiger charge is -2.33. The van der Waals surface area contributed by atoms with E-state index in [0.717, 1.165) is 19.4 Å². The second kappa shape index (κ2) is 7.38. The van der Waals surface area contributed by atoms with E-state index >= 15 is 0 Å². The molecule has 3 rings (SSSR count). The van der Waals surface area contributed by atoms with Crippen LogP contribution in [0.1, 0.15) is 46.9 Å². The average Bonchev–Trinajstić information content (AvgIpc) is 2.84. The Morgan fingerprint density at radius 1 is 1.17 bits per heavy atom. The van der Waals surface area contributed by atoms with Gasteiger partial charge in [-0.3, -0.25) is 19.3 Å². The number of hydrogen-bond acceptors (Lipinski definition) is 4. The van der Waals surface area contributed by atoms with Crippen molar-refractivity contribution in [1.82, 2.24) is 9.80 Å². The monoisotopic (exact) mass is 346 g/mol. The zero-order valence-electron chi connectivity index (χ0n) is 13.9. The van der Waals surface area contributed by atoms with Gasteiger partial charge in [0.05, 0.1) is 16.9 Å². The van der Waals surface area contributed by atoms with Crippen molar-refractivity contribution in [1.29, 1.82) is 0 Å². The predicted molar refractivity (Wildman–Crippen MR) is 94.2 cm³/mol. The molecule has 24 heavy (non-hydrogen) atoms. The molecule has 128 valence electrons. The third-order valence-corrected chi connectivity index (χ3v) is 5.61. The number of carbonyl (C=O) groups excluding carboxylic acids is 3. The minimum atomic E-state index is -0.229. The predicted octanol–water partition coefficient (Wildman–Crippen LogP) is 2.42. The Kier molecular flexibility index (Phi) is 5.23. The van der Waals surface area contributed by atoms with Crippen LogP contribution < -0.4 is 0 Å². The highest BCUT2D eigenvalue weighted by Crippen LogP contribution is 2.23. The molecule has 0 unspecified atom stereocenters. The Labute approximate surface area is 146 Å². The van der Waals surface area contributed by atoms with Crippen LogP contribution in [0.15, 0.2) is 24.3 Å². The van der Waals surface area contributed by atoms with E-state index in [2.05, 4.69) is 6.92 Å². The summed E-state index contributed by atoms with van der Waals surface area (Å²) >= 11 is 1.49. The van der Waals surface area contributed by atoms with Crippen molar-refractivity contribution in [2.75, 3.05) is 24.6 Å². The van der Waals surface area contributed by atoms with Gasteiger partial charge in [0.15, 0.2) is 0 Å². The van der Waals surface area contributed by atoms with Gasteiger partial charge in [0, 0.05) is 24.9 Å². The first-order chi connectivity index (χ1) is 11.6. The van der Waals surface area contributed by atoms with Crippen LogP contribution in [-0.4, -0.2) is 58.2 Å². The van der Waals surface area contributed by atoms with Crippen molar-refractivity contribution >= 4 is 29.5 Å². The molecule has 2 heterocycles. The molecule has 0 N–H and O–H groups in total. The summed E-state index contributed by atoms with van der Waals surface area (Å²) in [5, 5.41) is 0. The molecule has 0 radical (unpaired) electrons. The topological polar surface area (TPSA) is 57.7 Å². The number of imide groups is 1. The van der Waals surface area contributed by atoms with Crippen molar-refractivity contribution in [3.8, 4) is 0 Å². The van der Waals surface area contributed by atoms with E-state index in [0.29, 0.717) is 35.2 Å². The van der Waals surface area contributed by atoms with E-state index in [1.807, 2.05) is 4.90 Å². The molecule has 0 bridgehead atoms. The number of nitrogens with zero attached hydrogens (tertiary/aromatic N) is 2. The Balaban J connectivity index is 1.47. The molecular weight excluding hydrogens is 324 g/mol. The van der Waals surface area contributed by atoms with Gasteiger partial charge in [-0.25, -0.2) is 0 Å². The highest BCUT2D eigenvalue weighted by Gasteiger charge is 2.34. The summed E-state index contributed by atoms with van der Waals surface area (Å²) in [5.74, 6) is 0.696. The Hall–Kier alpha value is -1.82. The number of hydrogen-bond donors (Lipinski definition) is 0. The molecular formula is C18H22N2O3S. The molecule has 1 aromatic rings. The fourth-order valence-electron chi connectivity index (χ4n) is 3.31. The second-order valence-electron chi connectivity index (χ2n) is 6.29. The van der Waals surface area contributed by atoms with E-state index in [1.54, 1.807) is 24.3 Å². The van der Waals surface area contributed by atoms with Gasteiger partial charge in [-0.1, -0.05) is 12.1 Å². The number of benzene rings is 1. The van der Waals surface area contributed by atoms with Crippen LogP contribution >= 0.6 is 11.8 Å². The van der Waals surface area contributed by atoms with Crippen molar-refractivity contribution < 1.29 is 14.4 Å². The fraction of sp³-hybridized carbons (Fsp3) is 0.500. The third kappa shape index (κ3) is 3.34. The second-order valence-corrected chi connectivity index (χ2v) is 7.40. The number of fused-ring (bicyclic) bond motifs is 1. The lowest BCUT2D eigenvalue weighted by Crippen LogP contribution is -2.43. The summed E-state index contributed by atoms with van der Waals surface area (Å²) in [6.45, 7) is 3.29. The Morgan fingerprint density at radius 3 is 2.46 bits per heavy atom. The number of likely N-dealkylation sites (tertiary alicyclic amines) is 1. The summed E-state index contributed by atoms with van der Waals surface area (Å²) in [4.78, 5) is 40.0. The zero-order valence-corrected chi connectivity index (χ0v) is 14.7. The van der Waals surface area contributed by atoms with Crippen LogP contribution in [0.25, 0.3) is 0 Å². The first-order valence-corrected chi connectivity index (χ1v) is 9.57. The van der Waals surface area contributed by atoms with Crippen LogP contribution in [0.5, 0.6) is 0 Å². The van der Waals surface area contributed by atoms with Gasteiger partial charge in [-0.15, -0.1) is 0 Å². The third-order valence-electron chi connectivity index (χ3n) is 4.69. The van der Waals surface area contributed by atoms with Gasteiger partial charge in [0.25, 0.3) is 11.8 Å². The van der Waals surface area contributed by atoms with Crippen molar-refractivity contribution in [2.45, 2.75) is 32.2 Å². The minimum Gasteiger partial charge on any atom is -0.339 e. The van der Waals surface area contributed by atoms with Crippen LogP contribution in [-0.2, 0) is 4.79 Å². The molecule has 0 aliphatic carbocycles. The molecule has 0 aromatic heterocycles. The molecule has 0 saturated carbocycles. The molecule has 6 heteroatoms. The molecule has 2 aliphatic heterocycles. The molecule has 1 saturated heterocycles. The standard InChI is InChI=1S/C18H22N2O3S/c1-13-6-4-5-9-19(13)16(21)12-24-11-10-20-17(22)14-7-2-3-8-15(14)18(20)23/h2-3,7-8,13H,4-6,9-12H2,1H3/t13-/m0/s1. The van der Waals surface area contributed by atoms with Gasteiger partial charge in [-0.05, 0) is 38.3 Å². The zero-order chi connectivity index (χ0) is 17.1. The Bertz CT molecular complexity index is 626. The summed E-state index contributed by atoms with van der Waals surface area (Å²) in [6, 6.07) is 7.22. The van der Waals surface area contributed by atoms with E-state index in [1.165, 1.54) is 23.1 Å². The van der Waals surface area contributed by atoms with Crippen molar-refractivity contribution in [3.05, 3.63) is 35.4 Å². The van der Waals surface area contributed by atoms with Gasteiger partial charge in [0.2, 0.25) is 5.91 Å². The summed E-state index contributed by atoms with van der Waals surface area (Å²) in [6.07, 6.45) is 3.35. The lowest BCUT2D eigenvalue weighted by molar-refractivity contribution is -0.131. The van der Waals surface area contributed by atoms with Gasteiger partial charge < -0.3 is 4.90 Å². The first-order valence-electron chi connectivity index (χ1n) is 8.42.